The molecule has 0 aromatic heterocycles. The molecule has 0 radical (unpaired) electrons. The fraction of sp³-hybridized carbons (Fsp3) is 0.800. The second-order valence-corrected chi connectivity index (χ2v) is 4.03. The average molecular weight is 197 g/mol. The zero-order chi connectivity index (χ0) is 10.1. The molecule has 1 saturated heterocycles. The highest BCUT2D eigenvalue weighted by atomic mass is 16.6. The lowest BCUT2D eigenvalue weighted by Gasteiger charge is -2.27. The number of hydrogen-bond acceptors (Lipinski definition) is 3. The van der Waals surface area contributed by atoms with Crippen LogP contribution in [0.4, 0.5) is 4.79 Å². The first-order valence-corrected chi connectivity index (χ1v) is 5.24. The minimum absolute atomic E-state index is 0.0914. The first-order valence-electron chi connectivity index (χ1n) is 5.24. The SMILES string of the molecule is CC1OC(=O)N(C2CCCCC2)C1=O. The van der Waals surface area contributed by atoms with Gasteiger partial charge in [0.2, 0.25) is 0 Å². The topological polar surface area (TPSA) is 46.6 Å². The Labute approximate surface area is 83.2 Å². The Morgan fingerprint density at radius 3 is 2.36 bits per heavy atom. The quantitative estimate of drug-likeness (QED) is 0.642. The van der Waals surface area contributed by atoms with E-state index in [0.29, 0.717) is 0 Å². The summed E-state index contributed by atoms with van der Waals surface area (Å²) in [6.07, 6.45) is 4.27. The maximum atomic E-state index is 11.6. The first-order chi connectivity index (χ1) is 6.70. The number of amides is 2. The van der Waals surface area contributed by atoms with E-state index in [0.717, 1.165) is 25.7 Å². The second kappa shape index (κ2) is 3.59. The maximum absolute atomic E-state index is 11.6. The molecule has 2 fully saturated rings. The van der Waals surface area contributed by atoms with E-state index in [9.17, 15) is 9.59 Å². The summed E-state index contributed by atoms with van der Waals surface area (Å²) in [5.41, 5.74) is 0. The number of imide groups is 1. The van der Waals surface area contributed by atoms with Gasteiger partial charge in [0.1, 0.15) is 0 Å². The molecule has 1 heterocycles. The highest BCUT2D eigenvalue weighted by Gasteiger charge is 2.42. The van der Waals surface area contributed by atoms with Crippen molar-refractivity contribution in [2.45, 2.75) is 51.2 Å². The lowest BCUT2D eigenvalue weighted by molar-refractivity contribution is -0.130. The molecule has 1 unspecified atom stereocenters. The van der Waals surface area contributed by atoms with Gasteiger partial charge in [-0.05, 0) is 19.8 Å². The van der Waals surface area contributed by atoms with Crippen molar-refractivity contribution in [1.82, 2.24) is 4.90 Å². The van der Waals surface area contributed by atoms with E-state index in [1.165, 1.54) is 11.3 Å². The Bertz CT molecular complexity index is 258. The van der Waals surface area contributed by atoms with Crippen molar-refractivity contribution in [2.24, 2.45) is 0 Å². The molecule has 2 amide bonds. The van der Waals surface area contributed by atoms with Crippen LogP contribution in [0.3, 0.4) is 0 Å². The van der Waals surface area contributed by atoms with Gasteiger partial charge < -0.3 is 4.74 Å². The number of cyclic esters (lactones) is 1. The van der Waals surface area contributed by atoms with Crippen LogP contribution in [0.15, 0.2) is 0 Å². The van der Waals surface area contributed by atoms with Crippen molar-refractivity contribution in [2.75, 3.05) is 0 Å². The van der Waals surface area contributed by atoms with Crippen molar-refractivity contribution in [3.63, 3.8) is 0 Å². The molecule has 2 aliphatic rings. The zero-order valence-corrected chi connectivity index (χ0v) is 8.36. The largest absolute Gasteiger partial charge is 0.436 e. The van der Waals surface area contributed by atoms with Crippen LogP contribution in [0, 0.1) is 0 Å². The van der Waals surface area contributed by atoms with E-state index >= 15 is 0 Å². The third-order valence-corrected chi connectivity index (χ3v) is 3.00. The molecule has 2 rings (SSSR count). The molecule has 1 atom stereocenters. The summed E-state index contributed by atoms with van der Waals surface area (Å²) in [4.78, 5) is 24.3. The molecule has 14 heavy (non-hydrogen) atoms. The van der Waals surface area contributed by atoms with Gasteiger partial charge in [-0.3, -0.25) is 4.79 Å². The molecule has 0 N–H and O–H groups in total. The van der Waals surface area contributed by atoms with Gasteiger partial charge in [0.25, 0.3) is 5.91 Å². The van der Waals surface area contributed by atoms with E-state index in [4.69, 9.17) is 4.74 Å². The molecule has 1 aliphatic carbocycles. The molecule has 4 nitrogen and oxygen atoms in total. The Kier molecular flexibility index (Phi) is 2.44. The summed E-state index contributed by atoms with van der Waals surface area (Å²) >= 11 is 0. The molecular weight excluding hydrogens is 182 g/mol. The van der Waals surface area contributed by atoms with Gasteiger partial charge in [0, 0.05) is 6.04 Å². The zero-order valence-electron chi connectivity index (χ0n) is 8.36. The van der Waals surface area contributed by atoms with Crippen LogP contribution in [0.2, 0.25) is 0 Å². The van der Waals surface area contributed by atoms with Gasteiger partial charge in [0.15, 0.2) is 6.10 Å². The maximum Gasteiger partial charge on any atom is 0.417 e. The lowest BCUT2D eigenvalue weighted by atomic mass is 9.94. The predicted molar refractivity (Wildman–Crippen MR) is 49.7 cm³/mol. The van der Waals surface area contributed by atoms with Crippen LogP contribution < -0.4 is 0 Å². The molecule has 0 bridgehead atoms. The van der Waals surface area contributed by atoms with Crippen molar-refractivity contribution in [1.29, 1.82) is 0 Å². The Balaban J connectivity index is 2.08. The third kappa shape index (κ3) is 1.49. The summed E-state index contributed by atoms with van der Waals surface area (Å²) < 4.78 is 4.88. The molecule has 1 saturated carbocycles. The van der Waals surface area contributed by atoms with Gasteiger partial charge in [-0.15, -0.1) is 0 Å². The summed E-state index contributed by atoms with van der Waals surface area (Å²) in [6.45, 7) is 1.63. The minimum Gasteiger partial charge on any atom is -0.436 e. The molecule has 0 aromatic carbocycles. The van der Waals surface area contributed by atoms with Gasteiger partial charge in [-0.1, -0.05) is 19.3 Å². The lowest BCUT2D eigenvalue weighted by Crippen LogP contribution is -2.41. The molecule has 0 aromatic rings. The van der Waals surface area contributed by atoms with Crippen molar-refractivity contribution in [3.8, 4) is 0 Å². The van der Waals surface area contributed by atoms with E-state index in [1.807, 2.05) is 0 Å². The van der Waals surface area contributed by atoms with Gasteiger partial charge in [-0.2, -0.15) is 0 Å². The van der Waals surface area contributed by atoms with Gasteiger partial charge in [-0.25, -0.2) is 9.69 Å². The summed E-state index contributed by atoms with van der Waals surface area (Å²) in [5, 5.41) is 0. The molecule has 0 spiro atoms. The molecular formula is C10H15NO3. The van der Waals surface area contributed by atoms with Crippen LogP contribution in [-0.2, 0) is 9.53 Å². The minimum atomic E-state index is -0.579. The number of rotatable bonds is 1. The normalized spacial score (nSPS) is 29.5. The highest BCUT2D eigenvalue weighted by molar-refractivity contribution is 6.00. The smallest absolute Gasteiger partial charge is 0.417 e. The fourth-order valence-electron chi connectivity index (χ4n) is 2.21. The summed E-state index contributed by atoms with van der Waals surface area (Å²) in [7, 11) is 0. The summed E-state index contributed by atoms with van der Waals surface area (Å²) in [6, 6.07) is 0.0914. The third-order valence-electron chi connectivity index (χ3n) is 3.00. The Hall–Kier alpha value is -1.06. The van der Waals surface area contributed by atoms with Crippen molar-refractivity contribution in [3.05, 3.63) is 0 Å². The van der Waals surface area contributed by atoms with E-state index in [2.05, 4.69) is 0 Å². The summed E-state index contributed by atoms with van der Waals surface area (Å²) in [5.74, 6) is -0.165. The van der Waals surface area contributed by atoms with E-state index in [1.54, 1.807) is 6.92 Å². The van der Waals surface area contributed by atoms with Crippen molar-refractivity contribution >= 4 is 12.0 Å². The Morgan fingerprint density at radius 1 is 1.21 bits per heavy atom. The van der Waals surface area contributed by atoms with Gasteiger partial charge in [0.05, 0.1) is 0 Å². The fourth-order valence-corrected chi connectivity index (χ4v) is 2.21. The van der Waals surface area contributed by atoms with Crippen LogP contribution >= 0.6 is 0 Å². The average Bonchev–Trinajstić information content (AvgIpc) is 2.43. The number of nitrogens with zero attached hydrogens (tertiary/aromatic N) is 1. The predicted octanol–water partition coefficient (Wildman–Crippen LogP) is 1.69. The van der Waals surface area contributed by atoms with Crippen LogP contribution in [0.5, 0.6) is 0 Å². The molecule has 4 heteroatoms. The monoisotopic (exact) mass is 197 g/mol. The van der Waals surface area contributed by atoms with Crippen LogP contribution in [0.1, 0.15) is 39.0 Å². The molecule has 1 aliphatic heterocycles. The van der Waals surface area contributed by atoms with Crippen LogP contribution in [-0.4, -0.2) is 29.0 Å². The number of hydrogen-bond donors (Lipinski definition) is 0. The highest BCUT2D eigenvalue weighted by Crippen LogP contribution is 2.26. The molecule has 78 valence electrons. The first kappa shape index (κ1) is 9.49. The second-order valence-electron chi connectivity index (χ2n) is 4.03. The van der Waals surface area contributed by atoms with Crippen molar-refractivity contribution < 1.29 is 14.3 Å². The number of carbonyl (C=O) groups is 2. The van der Waals surface area contributed by atoms with Crippen LogP contribution in [0.25, 0.3) is 0 Å². The number of carbonyl (C=O) groups excluding carboxylic acids is 2. The van der Waals surface area contributed by atoms with E-state index in [-0.39, 0.29) is 11.9 Å². The number of ether oxygens (including phenoxy) is 1. The van der Waals surface area contributed by atoms with E-state index < -0.39 is 12.2 Å². The Morgan fingerprint density at radius 2 is 1.86 bits per heavy atom. The van der Waals surface area contributed by atoms with Gasteiger partial charge >= 0.3 is 6.09 Å². The standard InChI is InChI=1S/C10H15NO3/c1-7-9(12)11(10(13)14-7)8-5-3-2-4-6-8/h7-8H,2-6H2,1H3.